The fourth-order valence-electron chi connectivity index (χ4n) is 3.66. The van der Waals surface area contributed by atoms with Gasteiger partial charge in [0.2, 0.25) is 0 Å². The molecule has 0 amide bonds. The molecule has 1 saturated heterocycles. The predicted octanol–water partition coefficient (Wildman–Crippen LogP) is 3.70. The summed E-state index contributed by atoms with van der Waals surface area (Å²) in [5.41, 5.74) is 1.40. The molecule has 0 aromatic heterocycles. The lowest BCUT2D eigenvalue weighted by atomic mass is 9.57. The van der Waals surface area contributed by atoms with Crippen molar-refractivity contribution in [2.75, 3.05) is 18.5 Å². The molecule has 0 radical (unpaired) electrons. The number of hydrogen-bond acceptors (Lipinski definition) is 3. The minimum Gasteiger partial charge on any atom is -0.494 e. The van der Waals surface area contributed by atoms with Crippen LogP contribution in [0.2, 0.25) is 0 Å². The summed E-state index contributed by atoms with van der Waals surface area (Å²) in [6.45, 7) is 8.42. The van der Waals surface area contributed by atoms with Gasteiger partial charge in [0.15, 0.2) is 0 Å². The monoisotopic (exact) mass is 275 g/mol. The van der Waals surface area contributed by atoms with Gasteiger partial charge < -0.3 is 14.8 Å². The van der Waals surface area contributed by atoms with Crippen LogP contribution in [0, 0.1) is 11.3 Å². The van der Waals surface area contributed by atoms with Crippen LogP contribution >= 0.6 is 0 Å². The zero-order valence-electron chi connectivity index (χ0n) is 12.7. The van der Waals surface area contributed by atoms with E-state index in [1.165, 1.54) is 12.1 Å². The van der Waals surface area contributed by atoms with Crippen molar-refractivity contribution in [3.63, 3.8) is 0 Å². The Kier molecular flexibility index (Phi) is 3.63. The zero-order valence-corrected chi connectivity index (χ0v) is 12.7. The van der Waals surface area contributed by atoms with Crippen LogP contribution in [0.15, 0.2) is 24.3 Å². The third-order valence-electron chi connectivity index (χ3n) is 4.75. The van der Waals surface area contributed by atoms with Crippen LogP contribution in [0.5, 0.6) is 5.75 Å². The van der Waals surface area contributed by atoms with Gasteiger partial charge in [0.1, 0.15) is 5.75 Å². The van der Waals surface area contributed by atoms with E-state index >= 15 is 0 Å². The average molecular weight is 275 g/mol. The zero-order chi connectivity index (χ0) is 14.2. The second-order valence-electron chi connectivity index (χ2n) is 6.56. The molecule has 110 valence electrons. The minimum atomic E-state index is 0.221. The van der Waals surface area contributed by atoms with Gasteiger partial charge in [-0.3, -0.25) is 0 Å². The third-order valence-corrected chi connectivity index (χ3v) is 4.75. The van der Waals surface area contributed by atoms with Gasteiger partial charge in [-0.05, 0) is 37.1 Å². The predicted molar refractivity (Wildman–Crippen MR) is 81.3 cm³/mol. The molecule has 3 nitrogen and oxygen atoms in total. The van der Waals surface area contributed by atoms with Crippen LogP contribution in [-0.2, 0) is 4.74 Å². The van der Waals surface area contributed by atoms with E-state index in [9.17, 15) is 0 Å². The summed E-state index contributed by atoms with van der Waals surface area (Å²) in [5, 5.41) is 3.69. The first-order chi connectivity index (χ1) is 9.63. The van der Waals surface area contributed by atoms with Gasteiger partial charge >= 0.3 is 0 Å². The molecule has 2 aliphatic rings. The lowest BCUT2D eigenvalue weighted by Gasteiger charge is -2.55. The van der Waals surface area contributed by atoms with Gasteiger partial charge in [0.05, 0.1) is 12.7 Å². The SMILES string of the molecule is CCCOc1ccc(NC2C3CCOC3C2(C)C)cc1. The summed E-state index contributed by atoms with van der Waals surface area (Å²) in [6, 6.07) is 8.84. The molecule has 3 rings (SSSR count). The molecule has 1 aromatic carbocycles. The minimum absolute atomic E-state index is 0.221. The number of hydrogen-bond donors (Lipinski definition) is 1. The largest absolute Gasteiger partial charge is 0.494 e. The Hall–Kier alpha value is -1.22. The number of nitrogens with one attached hydrogen (secondary N) is 1. The van der Waals surface area contributed by atoms with E-state index in [-0.39, 0.29) is 5.41 Å². The molecule has 1 heterocycles. The maximum atomic E-state index is 5.84. The highest BCUT2D eigenvalue weighted by Crippen LogP contribution is 2.53. The summed E-state index contributed by atoms with van der Waals surface area (Å²) in [6.07, 6.45) is 2.66. The highest BCUT2D eigenvalue weighted by atomic mass is 16.5. The Bertz CT molecular complexity index is 455. The van der Waals surface area contributed by atoms with E-state index < -0.39 is 0 Å². The van der Waals surface area contributed by atoms with Gasteiger partial charge in [-0.25, -0.2) is 0 Å². The van der Waals surface area contributed by atoms with Crippen molar-refractivity contribution < 1.29 is 9.47 Å². The fraction of sp³-hybridized carbons (Fsp3) is 0.647. The molecule has 2 fully saturated rings. The second kappa shape index (κ2) is 5.28. The number of ether oxygens (including phenoxy) is 2. The first kappa shape index (κ1) is 13.7. The topological polar surface area (TPSA) is 30.5 Å². The maximum absolute atomic E-state index is 5.84. The lowest BCUT2D eigenvalue weighted by molar-refractivity contribution is -0.0923. The van der Waals surface area contributed by atoms with E-state index in [4.69, 9.17) is 9.47 Å². The van der Waals surface area contributed by atoms with E-state index in [0.29, 0.717) is 18.1 Å². The van der Waals surface area contributed by atoms with Gasteiger partial charge in [-0.1, -0.05) is 20.8 Å². The highest BCUT2D eigenvalue weighted by molar-refractivity contribution is 5.48. The van der Waals surface area contributed by atoms with Gasteiger partial charge in [-0.15, -0.1) is 0 Å². The van der Waals surface area contributed by atoms with Crippen molar-refractivity contribution in [3.05, 3.63) is 24.3 Å². The summed E-state index contributed by atoms with van der Waals surface area (Å²) < 4.78 is 11.5. The van der Waals surface area contributed by atoms with Gasteiger partial charge in [0.25, 0.3) is 0 Å². The van der Waals surface area contributed by atoms with Crippen LogP contribution < -0.4 is 10.1 Å². The van der Waals surface area contributed by atoms with Crippen molar-refractivity contribution in [1.29, 1.82) is 0 Å². The summed E-state index contributed by atoms with van der Waals surface area (Å²) in [5.74, 6) is 1.62. The quantitative estimate of drug-likeness (QED) is 0.888. The molecule has 1 aromatic rings. The Morgan fingerprint density at radius 3 is 2.75 bits per heavy atom. The van der Waals surface area contributed by atoms with Crippen molar-refractivity contribution in [2.45, 2.75) is 45.8 Å². The molecule has 0 bridgehead atoms. The summed E-state index contributed by atoms with van der Waals surface area (Å²) >= 11 is 0. The molecule has 3 atom stereocenters. The Balaban J connectivity index is 1.63. The number of anilines is 1. The molecule has 1 saturated carbocycles. The number of fused-ring (bicyclic) bond motifs is 1. The Morgan fingerprint density at radius 2 is 2.05 bits per heavy atom. The molecule has 3 unspecified atom stereocenters. The van der Waals surface area contributed by atoms with E-state index in [1.807, 2.05) is 12.1 Å². The normalized spacial score (nSPS) is 30.4. The lowest BCUT2D eigenvalue weighted by Crippen LogP contribution is -2.63. The van der Waals surface area contributed by atoms with Gasteiger partial charge in [0, 0.05) is 29.7 Å². The van der Waals surface area contributed by atoms with Crippen LogP contribution in [0.25, 0.3) is 0 Å². The molecule has 20 heavy (non-hydrogen) atoms. The Labute approximate surface area is 121 Å². The van der Waals surface area contributed by atoms with Gasteiger partial charge in [-0.2, -0.15) is 0 Å². The van der Waals surface area contributed by atoms with Crippen molar-refractivity contribution in [3.8, 4) is 5.75 Å². The average Bonchev–Trinajstić information content (AvgIpc) is 2.91. The first-order valence-corrected chi connectivity index (χ1v) is 7.74. The van der Waals surface area contributed by atoms with Crippen molar-refractivity contribution >= 4 is 5.69 Å². The standard InChI is InChI=1S/C17H25NO2/c1-4-10-19-13-7-5-12(6-8-13)18-15-14-9-11-20-16(14)17(15,2)3/h5-8,14-16,18H,4,9-11H2,1-3H3. The van der Waals surface area contributed by atoms with Crippen molar-refractivity contribution in [1.82, 2.24) is 0 Å². The molecule has 1 aliphatic heterocycles. The first-order valence-electron chi connectivity index (χ1n) is 7.74. The highest BCUT2D eigenvalue weighted by Gasteiger charge is 2.59. The number of benzene rings is 1. The Morgan fingerprint density at radius 1 is 1.30 bits per heavy atom. The fourth-order valence-corrected chi connectivity index (χ4v) is 3.66. The van der Waals surface area contributed by atoms with Crippen LogP contribution in [0.4, 0.5) is 5.69 Å². The molecule has 1 N–H and O–H groups in total. The number of rotatable bonds is 5. The molecule has 3 heteroatoms. The molecular weight excluding hydrogens is 250 g/mol. The van der Waals surface area contributed by atoms with E-state index in [2.05, 4.69) is 38.2 Å². The van der Waals surface area contributed by atoms with Crippen LogP contribution in [0.1, 0.15) is 33.6 Å². The van der Waals surface area contributed by atoms with Crippen molar-refractivity contribution in [2.24, 2.45) is 11.3 Å². The van der Waals surface area contributed by atoms with E-state index in [0.717, 1.165) is 25.4 Å². The van der Waals surface area contributed by atoms with Crippen LogP contribution in [0.3, 0.4) is 0 Å². The molecular formula is C17H25NO2. The smallest absolute Gasteiger partial charge is 0.119 e. The summed E-state index contributed by atoms with van der Waals surface area (Å²) in [4.78, 5) is 0. The second-order valence-corrected chi connectivity index (χ2v) is 6.56. The maximum Gasteiger partial charge on any atom is 0.119 e. The summed E-state index contributed by atoms with van der Waals surface area (Å²) in [7, 11) is 0. The molecule has 0 spiro atoms. The van der Waals surface area contributed by atoms with Crippen LogP contribution in [-0.4, -0.2) is 25.4 Å². The third kappa shape index (κ3) is 2.28. The molecule has 1 aliphatic carbocycles. The van der Waals surface area contributed by atoms with E-state index in [1.54, 1.807) is 0 Å².